The molecule has 0 aliphatic heterocycles. The van der Waals surface area contributed by atoms with Gasteiger partial charge in [-0.1, -0.05) is 49.4 Å². The quantitative estimate of drug-likeness (QED) is 0.475. The first-order valence-electron chi connectivity index (χ1n) is 7.88. The molecule has 1 fully saturated rings. The van der Waals surface area contributed by atoms with Crippen LogP contribution >= 0.6 is 0 Å². The van der Waals surface area contributed by atoms with Crippen molar-refractivity contribution in [3.8, 4) is 0 Å². The van der Waals surface area contributed by atoms with Crippen LogP contribution in [0.25, 0.3) is 0 Å². The maximum atomic E-state index is 6.61. The second-order valence-corrected chi connectivity index (χ2v) is 11.3. The van der Waals surface area contributed by atoms with Crippen molar-refractivity contribution < 1.29 is 4.43 Å². The van der Waals surface area contributed by atoms with Gasteiger partial charge >= 0.3 is 0 Å². The van der Waals surface area contributed by atoms with Gasteiger partial charge in [-0.2, -0.15) is 0 Å². The van der Waals surface area contributed by atoms with Crippen molar-refractivity contribution in [1.82, 2.24) is 0 Å². The van der Waals surface area contributed by atoms with Gasteiger partial charge in [0.15, 0.2) is 8.32 Å². The highest BCUT2D eigenvalue weighted by molar-refractivity contribution is 6.69. The SMILES string of the molecule is CC/C=C/CCC1CC1(O[Si](C)(C)C)c1ccccc1. The van der Waals surface area contributed by atoms with Gasteiger partial charge in [0.2, 0.25) is 0 Å². The zero-order chi connectivity index (χ0) is 14.6. The molecule has 110 valence electrons. The summed E-state index contributed by atoms with van der Waals surface area (Å²) in [6.45, 7) is 9.08. The van der Waals surface area contributed by atoms with Gasteiger partial charge in [-0.05, 0) is 56.8 Å². The summed E-state index contributed by atoms with van der Waals surface area (Å²) in [5.74, 6) is 0.693. The zero-order valence-corrected chi connectivity index (χ0v) is 14.4. The molecule has 2 unspecified atom stereocenters. The van der Waals surface area contributed by atoms with Crippen LogP contribution in [0.1, 0.15) is 38.2 Å². The molecule has 1 aliphatic carbocycles. The van der Waals surface area contributed by atoms with E-state index in [2.05, 4.69) is 69.0 Å². The van der Waals surface area contributed by atoms with E-state index in [9.17, 15) is 0 Å². The van der Waals surface area contributed by atoms with Crippen LogP contribution in [0, 0.1) is 5.92 Å². The third-order valence-corrected chi connectivity index (χ3v) is 4.86. The summed E-state index contributed by atoms with van der Waals surface area (Å²) >= 11 is 0. The van der Waals surface area contributed by atoms with E-state index in [1.807, 2.05) is 0 Å². The first-order valence-corrected chi connectivity index (χ1v) is 11.3. The lowest BCUT2D eigenvalue weighted by Crippen LogP contribution is -2.33. The third-order valence-electron chi connectivity index (χ3n) is 3.88. The molecule has 2 rings (SSSR count). The maximum absolute atomic E-state index is 6.61. The molecule has 2 atom stereocenters. The minimum absolute atomic E-state index is 0.0196. The summed E-state index contributed by atoms with van der Waals surface area (Å²) < 4.78 is 6.61. The van der Waals surface area contributed by atoms with E-state index in [1.54, 1.807) is 0 Å². The van der Waals surface area contributed by atoms with Gasteiger partial charge in [0, 0.05) is 0 Å². The van der Waals surface area contributed by atoms with E-state index in [1.165, 1.54) is 24.8 Å². The van der Waals surface area contributed by atoms with E-state index >= 15 is 0 Å². The number of hydrogen-bond acceptors (Lipinski definition) is 1. The molecular weight excluding hydrogens is 260 g/mol. The van der Waals surface area contributed by atoms with E-state index in [-0.39, 0.29) is 5.60 Å². The van der Waals surface area contributed by atoms with Crippen molar-refractivity contribution in [1.29, 1.82) is 0 Å². The number of rotatable bonds is 7. The fourth-order valence-electron chi connectivity index (χ4n) is 3.03. The largest absolute Gasteiger partial charge is 0.408 e. The van der Waals surface area contributed by atoms with Crippen LogP contribution in [-0.2, 0) is 10.0 Å². The Morgan fingerprint density at radius 2 is 1.90 bits per heavy atom. The highest BCUT2D eigenvalue weighted by Gasteiger charge is 2.57. The fourth-order valence-corrected chi connectivity index (χ4v) is 4.49. The Bertz CT molecular complexity index is 446. The number of benzene rings is 1. The Morgan fingerprint density at radius 1 is 1.20 bits per heavy atom. The Morgan fingerprint density at radius 3 is 2.50 bits per heavy atom. The lowest BCUT2D eigenvalue weighted by atomic mass is 10.0. The van der Waals surface area contributed by atoms with Crippen molar-refractivity contribution >= 4 is 8.32 Å². The lowest BCUT2D eigenvalue weighted by Gasteiger charge is -2.28. The molecule has 0 bridgehead atoms. The molecule has 0 heterocycles. The molecule has 1 nitrogen and oxygen atoms in total. The summed E-state index contributed by atoms with van der Waals surface area (Å²) in [7, 11) is -1.53. The zero-order valence-electron chi connectivity index (χ0n) is 13.4. The molecular formula is C18H28OSi. The second-order valence-electron chi connectivity index (χ2n) is 6.83. The molecule has 0 spiro atoms. The van der Waals surface area contributed by atoms with Gasteiger partial charge in [-0.3, -0.25) is 0 Å². The minimum atomic E-state index is -1.53. The topological polar surface area (TPSA) is 9.23 Å². The van der Waals surface area contributed by atoms with E-state index in [0.29, 0.717) is 5.92 Å². The fraction of sp³-hybridized carbons (Fsp3) is 0.556. The van der Waals surface area contributed by atoms with Crippen LogP contribution in [0.5, 0.6) is 0 Å². The molecule has 0 saturated heterocycles. The normalized spacial score (nSPS) is 26.1. The Balaban J connectivity index is 2.07. The molecule has 1 aromatic carbocycles. The maximum Gasteiger partial charge on any atom is 0.184 e. The van der Waals surface area contributed by atoms with Crippen LogP contribution in [0.4, 0.5) is 0 Å². The molecule has 1 saturated carbocycles. The van der Waals surface area contributed by atoms with Crippen LogP contribution in [0.15, 0.2) is 42.5 Å². The molecule has 20 heavy (non-hydrogen) atoms. The summed E-state index contributed by atoms with van der Waals surface area (Å²) in [6.07, 6.45) is 9.35. The average Bonchev–Trinajstić information content (AvgIpc) is 3.08. The van der Waals surface area contributed by atoms with Gasteiger partial charge in [0.25, 0.3) is 0 Å². The molecule has 0 aromatic heterocycles. The molecule has 0 N–H and O–H groups in total. The van der Waals surface area contributed by atoms with Gasteiger partial charge in [-0.25, -0.2) is 0 Å². The predicted molar refractivity (Wildman–Crippen MR) is 89.3 cm³/mol. The number of allylic oxidation sites excluding steroid dienone is 2. The van der Waals surface area contributed by atoms with Crippen molar-refractivity contribution in [2.75, 3.05) is 0 Å². The standard InChI is InChI=1S/C18H28OSi/c1-5-6-7-9-14-17-15-18(17,19-20(2,3)4)16-12-10-8-11-13-16/h6-8,10-13,17H,5,9,14-15H2,1-4H3/b7-6+. The van der Waals surface area contributed by atoms with Crippen LogP contribution < -0.4 is 0 Å². The van der Waals surface area contributed by atoms with Crippen LogP contribution in [0.2, 0.25) is 19.6 Å². The Kier molecular flexibility index (Phi) is 4.87. The van der Waals surface area contributed by atoms with Crippen molar-refractivity contribution in [2.45, 2.75) is 57.8 Å². The second kappa shape index (κ2) is 6.27. The van der Waals surface area contributed by atoms with E-state index < -0.39 is 8.32 Å². The predicted octanol–water partition coefficient (Wildman–Crippen LogP) is 5.50. The molecule has 1 aliphatic rings. The molecule has 0 radical (unpaired) electrons. The average molecular weight is 289 g/mol. The summed E-state index contributed by atoms with van der Waals surface area (Å²) in [5, 5.41) is 0. The smallest absolute Gasteiger partial charge is 0.184 e. The van der Waals surface area contributed by atoms with Crippen molar-refractivity contribution in [3.63, 3.8) is 0 Å². The molecule has 1 aromatic rings. The van der Waals surface area contributed by atoms with Gasteiger partial charge in [-0.15, -0.1) is 0 Å². The van der Waals surface area contributed by atoms with E-state index in [4.69, 9.17) is 4.43 Å². The van der Waals surface area contributed by atoms with Gasteiger partial charge in [0.05, 0.1) is 5.60 Å². The van der Waals surface area contributed by atoms with E-state index in [0.717, 1.165) is 6.42 Å². The molecule has 0 amide bonds. The van der Waals surface area contributed by atoms with Gasteiger partial charge in [0.1, 0.15) is 0 Å². The van der Waals surface area contributed by atoms with Crippen LogP contribution in [0.3, 0.4) is 0 Å². The molecule has 2 heteroatoms. The van der Waals surface area contributed by atoms with Crippen molar-refractivity contribution in [3.05, 3.63) is 48.0 Å². The van der Waals surface area contributed by atoms with Crippen molar-refractivity contribution in [2.24, 2.45) is 5.92 Å². The first-order chi connectivity index (χ1) is 9.48. The minimum Gasteiger partial charge on any atom is -0.408 e. The summed E-state index contributed by atoms with van der Waals surface area (Å²) in [4.78, 5) is 0. The monoisotopic (exact) mass is 288 g/mol. The van der Waals surface area contributed by atoms with Crippen LogP contribution in [-0.4, -0.2) is 8.32 Å². The third kappa shape index (κ3) is 3.83. The first kappa shape index (κ1) is 15.5. The highest BCUT2D eigenvalue weighted by atomic mass is 28.4. The number of hydrogen-bond donors (Lipinski definition) is 0. The highest BCUT2D eigenvalue weighted by Crippen LogP contribution is 2.58. The van der Waals surface area contributed by atoms with Gasteiger partial charge < -0.3 is 4.43 Å². The Hall–Kier alpha value is -0.863. The summed E-state index contributed by atoms with van der Waals surface area (Å²) in [5.41, 5.74) is 1.40. The Labute approximate surface area is 125 Å². The summed E-state index contributed by atoms with van der Waals surface area (Å²) in [6, 6.07) is 10.8. The lowest BCUT2D eigenvalue weighted by molar-refractivity contribution is 0.150.